The number of fused-ring (bicyclic) bond motifs is 1. The summed E-state index contributed by atoms with van der Waals surface area (Å²) in [5, 5.41) is 8.82. The van der Waals surface area contributed by atoms with Gasteiger partial charge in [-0.25, -0.2) is 4.40 Å². The van der Waals surface area contributed by atoms with Crippen molar-refractivity contribution in [1.29, 1.82) is 0 Å². The standard InChI is InChI=1S/C18H12ClN3OS2/c1-24-12-8-6-11(7-9-12)10-15-17(23)22-16(20-21-18(22)25-15)13-4-2-3-5-14(13)19/h2-10H,1H3. The Morgan fingerprint density at radius 3 is 2.60 bits per heavy atom. The van der Waals surface area contributed by atoms with E-state index in [2.05, 4.69) is 10.2 Å². The normalized spacial score (nSPS) is 12.2. The van der Waals surface area contributed by atoms with Crippen molar-refractivity contribution in [3.8, 4) is 11.4 Å². The van der Waals surface area contributed by atoms with E-state index in [1.54, 1.807) is 17.8 Å². The maximum atomic E-state index is 12.8. The first kappa shape index (κ1) is 16.3. The summed E-state index contributed by atoms with van der Waals surface area (Å²) in [5.74, 6) is 0.472. The lowest BCUT2D eigenvalue weighted by Crippen LogP contribution is -2.23. The largest absolute Gasteiger partial charge is 0.276 e. The molecular weight excluding hydrogens is 374 g/mol. The molecule has 2 aromatic heterocycles. The summed E-state index contributed by atoms with van der Waals surface area (Å²) in [6.07, 6.45) is 3.91. The van der Waals surface area contributed by atoms with Gasteiger partial charge in [0, 0.05) is 10.5 Å². The molecule has 0 unspecified atom stereocenters. The number of hydrogen-bond acceptors (Lipinski definition) is 5. The van der Waals surface area contributed by atoms with E-state index < -0.39 is 0 Å². The minimum Gasteiger partial charge on any atom is -0.267 e. The molecule has 25 heavy (non-hydrogen) atoms. The molecule has 4 rings (SSSR count). The van der Waals surface area contributed by atoms with Gasteiger partial charge in [0.05, 0.1) is 9.55 Å². The van der Waals surface area contributed by atoms with Gasteiger partial charge in [-0.05, 0) is 42.2 Å². The predicted molar refractivity (Wildman–Crippen MR) is 105 cm³/mol. The molecule has 0 aliphatic heterocycles. The summed E-state index contributed by atoms with van der Waals surface area (Å²) in [6.45, 7) is 0. The Labute approximate surface area is 156 Å². The number of hydrogen-bond donors (Lipinski definition) is 0. The number of nitrogens with zero attached hydrogens (tertiary/aromatic N) is 3. The quantitative estimate of drug-likeness (QED) is 0.504. The Bertz CT molecular complexity index is 1170. The van der Waals surface area contributed by atoms with Gasteiger partial charge in [-0.2, -0.15) is 0 Å². The maximum Gasteiger partial charge on any atom is 0.276 e. The third-order valence-corrected chi connectivity index (χ3v) is 5.81. The Balaban J connectivity index is 1.88. The van der Waals surface area contributed by atoms with Crippen molar-refractivity contribution in [2.24, 2.45) is 0 Å². The van der Waals surface area contributed by atoms with Crippen molar-refractivity contribution in [2.45, 2.75) is 4.90 Å². The number of benzene rings is 2. The minimum atomic E-state index is -0.131. The monoisotopic (exact) mass is 385 g/mol. The Morgan fingerprint density at radius 1 is 1.12 bits per heavy atom. The second-order valence-electron chi connectivity index (χ2n) is 5.31. The molecule has 0 amide bonds. The molecule has 7 heteroatoms. The van der Waals surface area contributed by atoms with Gasteiger partial charge in [0.25, 0.3) is 5.56 Å². The molecule has 0 bridgehead atoms. The van der Waals surface area contributed by atoms with Crippen LogP contribution in [-0.4, -0.2) is 20.9 Å². The van der Waals surface area contributed by atoms with E-state index in [4.69, 9.17) is 11.6 Å². The van der Waals surface area contributed by atoms with E-state index in [-0.39, 0.29) is 5.56 Å². The van der Waals surface area contributed by atoms with Crippen LogP contribution in [0.5, 0.6) is 0 Å². The van der Waals surface area contributed by atoms with Crippen molar-refractivity contribution < 1.29 is 0 Å². The van der Waals surface area contributed by atoms with Gasteiger partial charge < -0.3 is 0 Å². The number of thioether (sulfide) groups is 1. The van der Waals surface area contributed by atoms with Crippen LogP contribution in [0.3, 0.4) is 0 Å². The molecule has 0 atom stereocenters. The second kappa shape index (κ2) is 6.63. The molecule has 0 spiro atoms. The second-order valence-corrected chi connectivity index (χ2v) is 7.61. The van der Waals surface area contributed by atoms with Crippen molar-refractivity contribution in [3.63, 3.8) is 0 Å². The molecule has 0 radical (unpaired) electrons. The molecule has 4 aromatic rings. The first-order valence-electron chi connectivity index (χ1n) is 7.46. The van der Waals surface area contributed by atoms with Gasteiger partial charge in [-0.15, -0.1) is 22.0 Å². The summed E-state index contributed by atoms with van der Waals surface area (Å²) in [7, 11) is 0. The molecule has 0 aliphatic rings. The van der Waals surface area contributed by atoms with E-state index in [1.165, 1.54) is 20.6 Å². The van der Waals surface area contributed by atoms with Gasteiger partial charge in [-0.1, -0.05) is 47.2 Å². The van der Waals surface area contributed by atoms with Gasteiger partial charge in [-0.3, -0.25) is 4.79 Å². The van der Waals surface area contributed by atoms with Gasteiger partial charge in [0.1, 0.15) is 0 Å². The smallest absolute Gasteiger partial charge is 0.267 e. The third-order valence-electron chi connectivity index (χ3n) is 3.78. The molecular formula is C18H12ClN3OS2. The Kier molecular flexibility index (Phi) is 4.33. The maximum absolute atomic E-state index is 12.8. The fraction of sp³-hybridized carbons (Fsp3) is 0.0556. The van der Waals surface area contributed by atoms with Crippen LogP contribution < -0.4 is 10.1 Å². The van der Waals surface area contributed by atoms with Gasteiger partial charge in [0.15, 0.2) is 5.82 Å². The lowest BCUT2D eigenvalue weighted by molar-refractivity contribution is 1.09. The first-order chi connectivity index (χ1) is 12.2. The number of rotatable bonds is 3. The van der Waals surface area contributed by atoms with Crippen molar-refractivity contribution >= 4 is 45.7 Å². The molecule has 124 valence electrons. The van der Waals surface area contributed by atoms with E-state index in [1.807, 2.05) is 54.8 Å². The Morgan fingerprint density at radius 2 is 1.88 bits per heavy atom. The first-order valence-corrected chi connectivity index (χ1v) is 9.88. The molecule has 0 aliphatic carbocycles. The van der Waals surface area contributed by atoms with Crippen LogP contribution >= 0.6 is 34.7 Å². The molecule has 0 N–H and O–H groups in total. The highest BCUT2D eigenvalue weighted by atomic mass is 35.5. The molecule has 2 aromatic carbocycles. The zero-order chi connectivity index (χ0) is 17.4. The van der Waals surface area contributed by atoms with Crippen molar-refractivity contribution in [1.82, 2.24) is 14.6 Å². The fourth-order valence-corrected chi connectivity index (χ4v) is 4.07. The number of thiazole rings is 1. The van der Waals surface area contributed by atoms with Crippen LogP contribution in [0.2, 0.25) is 5.02 Å². The summed E-state index contributed by atoms with van der Waals surface area (Å²) < 4.78 is 2.14. The average molecular weight is 386 g/mol. The van der Waals surface area contributed by atoms with Crippen LogP contribution in [0.15, 0.2) is 58.2 Å². The highest BCUT2D eigenvalue weighted by Crippen LogP contribution is 2.26. The SMILES string of the molecule is CSc1ccc(C=c2sc3nnc(-c4ccccc4Cl)n3c2=O)cc1. The number of halogens is 1. The molecule has 0 saturated heterocycles. The minimum absolute atomic E-state index is 0.131. The topological polar surface area (TPSA) is 47.3 Å². The van der Waals surface area contributed by atoms with E-state index in [0.29, 0.717) is 25.9 Å². The van der Waals surface area contributed by atoms with E-state index in [0.717, 1.165) is 5.56 Å². The van der Waals surface area contributed by atoms with Crippen LogP contribution in [0.4, 0.5) is 0 Å². The zero-order valence-corrected chi connectivity index (χ0v) is 15.5. The van der Waals surface area contributed by atoms with Crippen molar-refractivity contribution in [2.75, 3.05) is 6.26 Å². The van der Waals surface area contributed by atoms with Crippen LogP contribution in [0.1, 0.15) is 5.56 Å². The number of aromatic nitrogens is 3. The summed E-state index contributed by atoms with van der Waals surface area (Å²) >= 11 is 9.25. The van der Waals surface area contributed by atoms with Crippen LogP contribution in [0.25, 0.3) is 22.4 Å². The lowest BCUT2D eigenvalue weighted by atomic mass is 10.2. The van der Waals surface area contributed by atoms with E-state index >= 15 is 0 Å². The molecule has 4 nitrogen and oxygen atoms in total. The molecule has 0 fully saturated rings. The summed E-state index contributed by atoms with van der Waals surface area (Å²) in [6, 6.07) is 15.4. The third kappa shape index (κ3) is 2.97. The van der Waals surface area contributed by atoms with Gasteiger partial charge >= 0.3 is 0 Å². The highest BCUT2D eigenvalue weighted by Gasteiger charge is 2.15. The predicted octanol–water partition coefficient (Wildman–Crippen LogP) is 3.74. The fourth-order valence-electron chi connectivity index (χ4n) is 2.53. The molecule has 2 heterocycles. The summed E-state index contributed by atoms with van der Waals surface area (Å²) in [4.78, 5) is 14.6. The van der Waals surface area contributed by atoms with Crippen LogP contribution in [-0.2, 0) is 0 Å². The van der Waals surface area contributed by atoms with Crippen molar-refractivity contribution in [3.05, 3.63) is 74.0 Å². The highest BCUT2D eigenvalue weighted by molar-refractivity contribution is 7.98. The average Bonchev–Trinajstić information content (AvgIpc) is 3.17. The van der Waals surface area contributed by atoms with Gasteiger partial charge in [0.2, 0.25) is 4.96 Å². The van der Waals surface area contributed by atoms with E-state index in [9.17, 15) is 4.79 Å². The zero-order valence-electron chi connectivity index (χ0n) is 13.1. The lowest BCUT2D eigenvalue weighted by Gasteiger charge is -1.99. The van der Waals surface area contributed by atoms with Crippen LogP contribution in [0, 0.1) is 0 Å². The molecule has 0 saturated carbocycles. The summed E-state index contributed by atoms with van der Waals surface area (Å²) in [5.41, 5.74) is 1.54. The Hall–Kier alpha value is -2.15.